The molecule has 0 spiro atoms. The summed E-state index contributed by atoms with van der Waals surface area (Å²) in [5.74, 6) is 2.20. The zero-order chi connectivity index (χ0) is 16.7. The summed E-state index contributed by atoms with van der Waals surface area (Å²) in [5, 5.41) is 14.6. The van der Waals surface area contributed by atoms with Crippen molar-refractivity contribution in [1.82, 2.24) is 25.4 Å². The molecule has 1 heterocycles. The summed E-state index contributed by atoms with van der Waals surface area (Å²) in [6, 6.07) is 6.54. The summed E-state index contributed by atoms with van der Waals surface area (Å²) in [4.78, 5) is 4.51. The van der Waals surface area contributed by atoms with Crippen molar-refractivity contribution in [3.63, 3.8) is 0 Å². The molecule has 0 saturated heterocycles. The molecule has 24 heavy (non-hydrogen) atoms. The van der Waals surface area contributed by atoms with Crippen molar-refractivity contribution in [3.8, 4) is 0 Å². The average molecular weight is 446 g/mol. The fourth-order valence-electron chi connectivity index (χ4n) is 2.06. The van der Waals surface area contributed by atoms with E-state index in [0.717, 1.165) is 42.7 Å². The maximum absolute atomic E-state index is 12.9. The minimum absolute atomic E-state index is 0. The molecule has 0 aliphatic carbocycles. The maximum atomic E-state index is 12.9. The molecule has 0 saturated carbocycles. The molecule has 8 heteroatoms. The zero-order valence-corrected chi connectivity index (χ0v) is 16.5. The molecule has 0 aliphatic rings. The predicted molar refractivity (Wildman–Crippen MR) is 104 cm³/mol. The van der Waals surface area contributed by atoms with Gasteiger partial charge in [-0.1, -0.05) is 12.1 Å². The summed E-state index contributed by atoms with van der Waals surface area (Å²) in [6.45, 7) is 5.88. The van der Waals surface area contributed by atoms with Gasteiger partial charge in [0.25, 0.3) is 0 Å². The van der Waals surface area contributed by atoms with E-state index in [1.807, 2.05) is 25.5 Å². The third-order valence-electron chi connectivity index (χ3n) is 3.52. The molecule has 2 rings (SSSR count). The topological polar surface area (TPSA) is 67.1 Å². The summed E-state index contributed by atoms with van der Waals surface area (Å²) in [6.07, 6.45) is 0.799. The van der Waals surface area contributed by atoms with Gasteiger partial charge in [0.05, 0.1) is 0 Å². The zero-order valence-electron chi connectivity index (χ0n) is 14.2. The molecule has 0 bridgehead atoms. The largest absolute Gasteiger partial charge is 0.357 e. The molecule has 6 nitrogen and oxygen atoms in total. The predicted octanol–water partition coefficient (Wildman–Crippen LogP) is 2.18. The maximum Gasteiger partial charge on any atom is 0.191 e. The minimum atomic E-state index is -0.212. The Bertz CT molecular complexity index is 653. The SMILES string of the molecule is CCNC(=NCc1nnc(C)n1C)NCCc1ccc(F)cc1.I. The normalized spacial score (nSPS) is 11.1. The van der Waals surface area contributed by atoms with Crippen LogP contribution in [-0.4, -0.2) is 33.8 Å². The van der Waals surface area contributed by atoms with Crippen LogP contribution < -0.4 is 10.6 Å². The first-order chi connectivity index (χ1) is 11.1. The number of nitrogens with zero attached hydrogens (tertiary/aromatic N) is 4. The number of nitrogens with one attached hydrogen (secondary N) is 2. The first-order valence-electron chi connectivity index (χ1n) is 7.71. The van der Waals surface area contributed by atoms with Crippen LogP contribution in [0.25, 0.3) is 0 Å². The quantitative estimate of drug-likeness (QED) is 0.406. The standard InChI is InChI=1S/C16H23FN6.HI/c1-4-18-16(20-11-15-22-21-12(2)23(15)3)19-10-9-13-5-7-14(17)8-6-13;/h5-8H,4,9-11H2,1-3H3,(H2,18,19,20);1H. The third kappa shape index (κ3) is 6.06. The number of halogens is 2. The van der Waals surface area contributed by atoms with Crippen LogP contribution in [0.5, 0.6) is 0 Å². The number of guanidine groups is 1. The van der Waals surface area contributed by atoms with Gasteiger partial charge in [-0.15, -0.1) is 34.2 Å². The Hall–Kier alpha value is -1.71. The molecule has 0 aliphatic heterocycles. The van der Waals surface area contributed by atoms with Crippen molar-refractivity contribution in [3.05, 3.63) is 47.3 Å². The van der Waals surface area contributed by atoms with Crippen LogP contribution in [0.1, 0.15) is 24.1 Å². The van der Waals surface area contributed by atoms with Crippen LogP contribution in [0.3, 0.4) is 0 Å². The second-order valence-electron chi connectivity index (χ2n) is 5.22. The number of hydrogen-bond acceptors (Lipinski definition) is 3. The molecule has 1 aromatic carbocycles. The highest BCUT2D eigenvalue weighted by atomic mass is 127. The first kappa shape index (κ1) is 20.3. The van der Waals surface area contributed by atoms with Gasteiger partial charge >= 0.3 is 0 Å². The van der Waals surface area contributed by atoms with Crippen molar-refractivity contribution in [1.29, 1.82) is 0 Å². The molecule has 2 aromatic rings. The second-order valence-corrected chi connectivity index (χ2v) is 5.22. The first-order valence-corrected chi connectivity index (χ1v) is 7.71. The van der Waals surface area contributed by atoms with Crippen LogP contribution >= 0.6 is 24.0 Å². The van der Waals surface area contributed by atoms with Gasteiger partial charge in [0, 0.05) is 20.1 Å². The molecule has 2 N–H and O–H groups in total. The van der Waals surface area contributed by atoms with E-state index >= 15 is 0 Å². The van der Waals surface area contributed by atoms with E-state index in [1.54, 1.807) is 12.1 Å². The van der Waals surface area contributed by atoms with E-state index in [-0.39, 0.29) is 29.8 Å². The highest BCUT2D eigenvalue weighted by Gasteiger charge is 2.04. The Morgan fingerprint density at radius 1 is 1.21 bits per heavy atom. The average Bonchev–Trinajstić information content (AvgIpc) is 2.86. The summed E-state index contributed by atoms with van der Waals surface area (Å²) in [5.41, 5.74) is 1.08. The fourth-order valence-corrected chi connectivity index (χ4v) is 2.06. The summed E-state index contributed by atoms with van der Waals surface area (Å²) in [7, 11) is 1.93. The van der Waals surface area contributed by atoms with Crippen LogP contribution in [0.4, 0.5) is 4.39 Å². The van der Waals surface area contributed by atoms with E-state index < -0.39 is 0 Å². The lowest BCUT2D eigenvalue weighted by Gasteiger charge is -2.11. The van der Waals surface area contributed by atoms with Crippen molar-refractivity contribution in [2.75, 3.05) is 13.1 Å². The smallest absolute Gasteiger partial charge is 0.191 e. The molecular weight excluding hydrogens is 422 g/mol. The van der Waals surface area contributed by atoms with Gasteiger partial charge < -0.3 is 15.2 Å². The molecule has 0 amide bonds. The van der Waals surface area contributed by atoms with E-state index in [0.29, 0.717) is 6.54 Å². The van der Waals surface area contributed by atoms with Crippen molar-refractivity contribution in [2.24, 2.45) is 12.0 Å². The van der Waals surface area contributed by atoms with E-state index in [4.69, 9.17) is 0 Å². The fraction of sp³-hybridized carbons (Fsp3) is 0.438. The summed E-state index contributed by atoms with van der Waals surface area (Å²) < 4.78 is 14.8. The monoisotopic (exact) mass is 446 g/mol. The van der Waals surface area contributed by atoms with E-state index in [1.165, 1.54) is 12.1 Å². The number of benzene rings is 1. The lowest BCUT2D eigenvalue weighted by atomic mass is 10.1. The Morgan fingerprint density at radius 2 is 1.92 bits per heavy atom. The Morgan fingerprint density at radius 3 is 2.50 bits per heavy atom. The second kappa shape index (κ2) is 10.2. The van der Waals surface area contributed by atoms with Gasteiger partial charge in [0.2, 0.25) is 0 Å². The number of aliphatic imine (C=N–C) groups is 1. The van der Waals surface area contributed by atoms with Gasteiger partial charge in [0.15, 0.2) is 11.8 Å². The Labute approximate surface area is 159 Å². The van der Waals surface area contributed by atoms with E-state index in [2.05, 4.69) is 25.8 Å². The van der Waals surface area contributed by atoms with Gasteiger partial charge in [-0.05, 0) is 38.0 Å². The number of rotatable bonds is 6. The molecule has 132 valence electrons. The van der Waals surface area contributed by atoms with Gasteiger partial charge in [0.1, 0.15) is 18.2 Å². The molecule has 0 unspecified atom stereocenters. The lowest BCUT2D eigenvalue weighted by Crippen LogP contribution is -2.38. The highest BCUT2D eigenvalue weighted by molar-refractivity contribution is 14.0. The Balaban J connectivity index is 0.00000288. The van der Waals surface area contributed by atoms with Crippen molar-refractivity contribution in [2.45, 2.75) is 26.8 Å². The van der Waals surface area contributed by atoms with Crippen molar-refractivity contribution < 1.29 is 4.39 Å². The minimum Gasteiger partial charge on any atom is -0.357 e. The lowest BCUT2D eigenvalue weighted by molar-refractivity contribution is 0.626. The molecule has 0 radical (unpaired) electrons. The van der Waals surface area contributed by atoms with Crippen LogP contribution in [-0.2, 0) is 20.0 Å². The van der Waals surface area contributed by atoms with Crippen molar-refractivity contribution >= 4 is 29.9 Å². The third-order valence-corrected chi connectivity index (χ3v) is 3.52. The highest BCUT2D eigenvalue weighted by Crippen LogP contribution is 2.03. The van der Waals surface area contributed by atoms with Gasteiger partial charge in [-0.3, -0.25) is 0 Å². The van der Waals surface area contributed by atoms with Gasteiger partial charge in [-0.2, -0.15) is 0 Å². The summed E-state index contributed by atoms with van der Waals surface area (Å²) >= 11 is 0. The number of aromatic nitrogens is 3. The molecule has 0 atom stereocenters. The molecular formula is C16H24FIN6. The molecule has 0 fully saturated rings. The van der Waals surface area contributed by atoms with Crippen LogP contribution in [0.2, 0.25) is 0 Å². The van der Waals surface area contributed by atoms with E-state index in [9.17, 15) is 4.39 Å². The Kier molecular flexibility index (Phi) is 8.66. The van der Waals surface area contributed by atoms with Crippen LogP contribution in [0, 0.1) is 12.7 Å². The number of hydrogen-bond donors (Lipinski definition) is 2. The number of aryl methyl sites for hydroxylation is 1. The molecule has 1 aromatic heterocycles. The van der Waals surface area contributed by atoms with Crippen LogP contribution in [0.15, 0.2) is 29.3 Å². The van der Waals surface area contributed by atoms with Gasteiger partial charge in [-0.25, -0.2) is 9.38 Å².